The molecule has 0 aliphatic heterocycles. The third kappa shape index (κ3) is 5.24. The summed E-state index contributed by atoms with van der Waals surface area (Å²) < 4.78 is 55.4. The smallest absolute Gasteiger partial charge is 0.270 e. The molecule has 0 aliphatic carbocycles. The number of benzene rings is 3. The second-order valence-corrected chi connectivity index (χ2v) is 10.1. The SMILES string of the molecule is Cc1c(NS(=O)(=O)c2cccc([N+](=O)[O-])c2)cccc1NS(=O)(=O)c1cccc([N+](=O)[O-])c1. The molecule has 12 nitrogen and oxygen atoms in total. The summed E-state index contributed by atoms with van der Waals surface area (Å²) in [5, 5.41) is 21.9. The van der Waals surface area contributed by atoms with Gasteiger partial charge in [-0.25, -0.2) is 16.8 Å². The average molecular weight is 492 g/mol. The summed E-state index contributed by atoms with van der Waals surface area (Å²) in [6.45, 7) is 1.45. The molecule has 0 saturated carbocycles. The zero-order chi connectivity index (χ0) is 24.4. The summed E-state index contributed by atoms with van der Waals surface area (Å²) in [6, 6.07) is 13.1. The van der Waals surface area contributed by atoms with Crippen LogP contribution in [0.1, 0.15) is 5.56 Å². The molecule has 0 fully saturated rings. The highest BCUT2D eigenvalue weighted by Crippen LogP contribution is 2.29. The zero-order valence-corrected chi connectivity index (χ0v) is 18.5. The molecule has 0 unspecified atom stereocenters. The molecule has 3 aromatic rings. The Hall–Kier alpha value is -4.04. The Labute approximate surface area is 188 Å². The second-order valence-electron chi connectivity index (χ2n) is 6.70. The van der Waals surface area contributed by atoms with E-state index >= 15 is 0 Å². The number of nitrogens with zero attached hydrogens (tertiary/aromatic N) is 2. The van der Waals surface area contributed by atoms with Gasteiger partial charge in [-0.2, -0.15) is 0 Å². The van der Waals surface area contributed by atoms with Gasteiger partial charge < -0.3 is 0 Å². The van der Waals surface area contributed by atoms with Crippen LogP contribution in [-0.2, 0) is 20.0 Å². The maximum Gasteiger partial charge on any atom is 0.270 e. The first kappa shape index (κ1) is 23.6. The summed E-state index contributed by atoms with van der Waals surface area (Å²) in [4.78, 5) is 19.7. The summed E-state index contributed by atoms with van der Waals surface area (Å²) in [7, 11) is -8.45. The van der Waals surface area contributed by atoms with Gasteiger partial charge in [0.15, 0.2) is 0 Å². The predicted molar refractivity (Wildman–Crippen MR) is 119 cm³/mol. The van der Waals surface area contributed by atoms with E-state index in [1.54, 1.807) is 0 Å². The van der Waals surface area contributed by atoms with Crippen LogP contribution in [0, 0.1) is 27.2 Å². The van der Waals surface area contributed by atoms with Gasteiger partial charge in [-0.1, -0.05) is 18.2 Å². The van der Waals surface area contributed by atoms with Gasteiger partial charge in [-0.15, -0.1) is 0 Å². The number of rotatable bonds is 8. The molecule has 0 atom stereocenters. The number of nitro groups is 2. The van der Waals surface area contributed by atoms with Crippen molar-refractivity contribution in [2.45, 2.75) is 16.7 Å². The Balaban J connectivity index is 1.92. The van der Waals surface area contributed by atoms with Crippen molar-refractivity contribution in [2.24, 2.45) is 0 Å². The second kappa shape index (κ2) is 8.84. The Kier molecular flexibility index (Phi) is 6.32. The number of anilines is 2. The van der Waals surface area contributed by atoms with Gasteiger partial charge in [0.2, 0.25) is 0 Å². The monoisotopic (exact) mass is 492 g/mol. The summed E-state index contributed by atoms with van der Waals surface area (Å²) in [5.74, 6) is 0. The predicted octanol–water partition coefficient (Wildman–Crippen LogP) is 3.41. The molecular weight excluding hydrogens is 476 g/mol. The summed E-state index contributed by atoms with van der Waals surface area (Å²) >= 11 is 0. The van der Waals surface area contributed by atoms with Gasteiger partial charge in [0.25, 0.3) is 31.4 Å². The van der Waals surface area contributed by atoms with Crippen LogP contribution >= 0.6 is 0 Å². The van der Waals surface area contributed by atoms with E-state index in [1.165, 1.54) is 49.4 Å². The molecule has 0 aromatic heterocycles. The van der Waals surface area contributed by atoms with Crippen LogP contribution < -0.4 is 9.44 Å². The maximum atomic E-state index is 12.7. The van der Waals surface area contributed by atoms with Crippen molar-refractivity contribution >= 4 is 42.8 Å². The molecule has 3 rings (SSSR count). The topological polar surface area (TPSA) is 179 Å². The van der Waals surface area contributed by atoms with Crippen molar-refractivity contribution < 1.29 is 26.7 Å². The van der Waals surface area contributed by atoms with E-state index < -0.39 is 41.3 Å². The van der Waals surface area contributed by atoms with E-state index in [9.17, 15) is 37.1 Å². The van der Waals surface area contributed by atoms with Crippen LogP contribution in [0.2, 0.25) is 0 Å². The fourth-order valence-electron chi connectivity index (χ4n) is 2.79. The third-order valence-electron chi connectivity index (χ3n) is 4.50. The summed E-state index contributed by atoms with van der Waals surface area (Å²) in [6.07, 6.45) is 0. The molecule has 0 bridgehead atoms. The van der Waals surface area contributed by atoms with E-state index in [1.807, 2.05) is 0 Å². The molecule has 0 amide bonds. The van der Waals surface area contributed by atoms with Crippen molar-refractivity contribution in [3.63, 3.8) is 0 Å². The first-order chi connectivity index (χ1) is 15.4. The Morgan fingerprint density at radius 1 is 0.667 bits per heavy atom. The quantitative estimate of drug-likeness (QED) is 0.354. The lowest BCUT2D eigenvalue weighted by atomic mass is 10.2. The fourth-order valence-corrected chi connectivity index (χ4v) is 5.12. The van der Waals surface area contributed by atoms with Gasteiger partial charge in [0, 0.05) is 24.3 Å². The number of nitro benzene ring substituents is 2. The number of hydrogen-bond donors (Lipinski definition) is 2. The normalized spacial score (nSPS) is 11.5. The van der Waals surface area contributed by atoms with E-state index in [2.05, 4.69) is 9.44 Å². The number of sulfonamides is 2. The molecule has 0 heterocycles. The molecule has 33 heavy (non-hydrogen) atoms. The van der Waals surface area contributed by atoms with E-state index in [0.717, 1.165) is 24.3 Å². The summed E-state index contributed by atoms with van der Waals surface area (Å²) in [5.41, 5.74) is -0.553. The van der Waals surface area contributed by atoms with Crippen LogP contribution in [0.5, 0.6) is 0 Å². The lowest BCUT2D eigenvalue weighted by molar-refractivity contribution is -0.385. The van der Waals surface area contributed by atoms with E-state index in [4.69, 9.17) is 0 Å². The highest BCUT2D eigenvalue weighted by molar-refractivity contribution is 7.93. The van der Waals surface area contributed by atoms with Crippen LogP contribution in [0.3, 0.4) is 0 Å². The van der Waals surface area contributed by atoms with Crippen molar-refractivity contribution in [2.75, 3.05) is 9.44 Å². The van der Waals surface area contributed by atoms with E-state index in [0.29, 0.717) is 0 Å². The van der Waals surface area contributed by atoms with Gasteiger partial charge in [-0.05, 0) is 36.8 Å². The van der Waals surface area contributed by atoms with Crippen LogP contribution in [0.25, 0.3) is 0 Å². The van der Waals surface area contributed by atoms with E-state index in [-0.39, 0.29) is 26.7 Å². The molecule has 172 valence electrons. The highest BCUT2D eigenvalue weighted by atomic mass is 32.2. The molecule has 0 saturated heterocycles. The third-order valence-corrected chi connectivity index (χ3v) is 7.23. The molecule has 14 heteroatoms. The van der Waals surface area contributed by atoms with Crippen molar-refractivity contribution in [1.82, 2.24) is 0 Å². The zero-order valence-electron chi connectivity index (χ0n) is 16.8. The molecule has 0 aliphatic rings. The van der Waals surface area contributed by atoms with Crippen LogP contribution in [0.15, 0.2) is 76.5 Å². The largest absolute Gasteiger partial charge is 0.279 e. The number of hydrogen-bond acceptors (Lipinski definition) is 8. The van der Waals surface area contributed by atoms with Gasteiger partial charge >= 0.3 is 0 Å². The van der Waals surface area contributed by atoms with Gasteiger partial charge in [0.05, 0.1) is 31.0 Å². The number of nitrogens with one attached hydrogen (secondary N) is 2. The van der Waals surface area contributed by atoms with Crippen molar-refractivity contribution in [3.05, 3.63) is 92.5 Å². The minimum atomic E-state index is -4.23. The molecular formula is C19H16N4O8S2. The molecule has 2 N–H and O–H groups in total. The molecule has 0 spiro atoms. The highest BCUT2D eigenvalue weighted by Gasteiger charge is 2.22. The fraction of sp³-hybridized carbons (Fsp3) is 0.0526. The van der Waals surface area contributed by atoms with Gasteiger partial charge in [0.1, 0.15) is 0 Å². The first-order valence-electron chi connectivity index (χ1n) is 9.05. The Morgan fingerprint density at radius 3 is 1.39 bits per heavy atom. The lowest BCUT2D eigenvalue weighted by Crippen LogP contribution is -2.16. The molecule has 0 radical (unpaired) electrons. The maximum absolute atomic E-state index is 12.7. The van der Waals surface area contributed by atoms with Crippen LogP contribution in [0.4, 0.5) is 22.7 Å². The van der Waals surface area contributed by atoms with Gasteiger partial charge in [-0.3, -0.25) is 29.7 Å². The minimum absolute atomic E-state index is 0.0285. The first-order valence-corrected chi connectivity index (χ1v) is 12.0. The van der Waals surface area contributed by atoms with Crippen molar-refractivity contribution in [1.29, 1.82) is 0 Å². The molecule has 3 aromatic carbocycles. The van der Waals surface area contributed by atoms with Crippen LogP contribution in [-0.4, -0.2) is 26.7 Å². The Morgan fingerprint density at radius 2 is 1.03 bits per heavy atom. The lowest BCUT2D eigenvalue weighted by Gasteiger charge is -2.15. The van der Waals surface area contributed by atoms with Crippen molar-refractivity contribution in [3.8, 4) is 0 Å². The number of non-ortho nitro benzene ring substituents is 2. The Bertz CT molecular complexity index is 1360. The minimum Gasteiger partial charge on any atom is -0.279 e. The average Bonchev–Trinajstić information content (AvgIpc) is 2.76. The standard InChI is InChI=1S/C19H16N4O8S2/c1-13-18(20-32(28,29)16-7-2-5-14(11-16)22(24)25)9-4-10-19(13)21-33(30,31)17-8-3-6-15(12-17)23(26)27/h2-12,20-21H,1H3.